The van der Waals surface area contributed by atoms with Gasteiger partial charge in [-0.2, -0.15) is 0 Å². The molecule has 0 aliphatic heterocycles. The van der Waals surface area contributed by atoms with Crippen LogP contribution >= 0.6 is 0 Å². The van der Waals surface area contributed by atoms with Crippen molar-refractivity contribution in [1.29, 1.82) is 0 Å². The summed E-state index contributed by atoms with van der Waals surface area (Å²) in [5.41, 5.74) is 2.80. The van der Waals surface area contributed by atoms with Gasteiger partial charge in [0, 0.05) is 5.56 Å². The van der Waals surface area contributed by atoms with Crippen molar-refractivity contribution in [2.24, 2.45) is 0 Å². The van der Waals surface area contributed by atoms with Crippen molar-refractivity contribution in [3.63, 3.8) is 0 Å². The van der Waals surface area contributed by atoms with Gasteiger partial charge in [0.1, 0.15) is 5.82 Å². The van der Waals surface area contributed by atoms with Gasteiger partial charge in [-0.25, -0.2) is 4.39 Å². The molecule has 0 aliphatic rings. The number of halogens is 1. The third-order valence-corrected chi connectivity index (χ3v) is 3.21. The van der Waals surface area contributed by atoms with Crippen LogP contribution in [0.2, 0.25) is 0 Å². The molecule has 1 amide bonds. The van der Waals surface area contributed by atoms with Crippen LogP contribution in [0.1, 0.15) is 41.3 Å². The van der Waals surface area contributed by atoms with E-state index in [0.717, 1.165) is 5.56 Å². The number of amides is 1. The average molecular weight is 271 g/mol. The first kappa shape index (κ1) is 14.3. The fraction of sp³-hybridized carbons (Fsp3) is 0.235. The van der Waals surface area contributed by atoms with E-state index in [0.29, 0.717) is 11.5 Å². The number of benzene rings is 2. The summed E-state index contributed by atoms with van der Waals surface area (Å²) in [7, 11) is 0. The van der Waals surface area contributed by atoms with E-state index >= 15 is 0 Å². The van der Waals surface area contributed by atoms with Gasteiger partial charge in [-0.3, -0.25) is 4.79 Å². The van der Waals surface area contributed by atoms with E-state index in [2.05, 4.69) is 19.2 Å². The Morgan fingerprint density at radius 1 is 1.10 bits per heavy atom. The molecule has 0 saturated heterocycles. The maximum Gasteiger partial charge on any atom is 0.255 e. The predicted molar refractivity (Wildman–Crippen MR) is 79.6 cm³/mol. The van der Waals surface area contributed by atoms with Crippen LogP contribution in [0.25, 0.3) is 0 Å². The normalized spacial score (nSPS) is 10.7. The minimum Gasteiger partial charge on any atom is -0.319 e. The van der Waals surface area contributed by atoms with Crippen molar-refractivity contribution in [3.05, 3.63) is 65.0 Å². The monoisotopic (exact) mass is 271 g/mol. The van der Waals surface area contributed by atoms with Crippen LogP contribution in [0.15, 0.2) is 42.5 Å². The van der Waals surface area contributed by atoms with Gasteiger partial charge in [0.05, 0.1) is 5.69 Å². The lowest BCUT2D eigenvalue weighted by atomic mass is 10.0. The standard InChI is InChI=1S/C17H18FNO/c1-11(2)13-5-7-14(8-6-13)17(20)19-16-10-12(3)4-9-15(16)18/h4-11H,1-3H3,(H,19,20). The molecule has 1 N–H and O–H groups in total. The molecule has 0 unspecified atom stereocenters. The van der Waals surface area contributed by atoms with Gasteiger partial charge in [0.15, 0.2) is 0 Å². The van der Waals surface area contributed by atoms with Gasteiger partial charge in [0.25, 0.3) is 5.91 Å². The van der Waals surface area contributed by atoms with Crippen molar-refractivity contribution in [1.82, 2.24) is 0 Å². The Bertz CT molecular complexity index is 617. The Hall–Kier alpha value is -2.16. The molecular formula is C17H18FNO. The molecule has 0 atom stereocenters. The molecule has 2 aromatic carbocycles. The lowest BCUT2D eigenvalue weighted by Gasteiger charge is -2.09. The molecule has 2 nitrogen and oxygen atoms in total. The second-order valence-electron chi connectivity index (χ2n) is 5.21. The third kappa shape index (κ3) is 3.23. The Kier molecular flexibility index (Phi) is 4.18. The zero-order valence-corrected chi connectivity index (χ0v) is 11.9. The second-order valence-corrected chi connectivity index (χ2v) is 5.21. The lowest BCUT2D eigenvalue weighted by Crippen LogP contribution is -2.13. The fourth-order valence-corrected chi connectivity index (χ4v) is 1.95. The Morgan fingerprint density at radius 2 is 1.75 bits per heavy atom. The minimum absolute atomic E-state index is 0.211. The van der Waals surface area contributed by atoms with Crippen molar-refractivity contribution >= 4 is 11.6 Å². The summed E-state index contributed by atoms with van der Waals surface area (Å²) in [4.78, 5) is 12.1. The zero-order valence-electron chi connectivity index (χ0n) is 11.9. The van der Waals surface area contributed by atoms with Crippen LogP contribution in [0.4, 0.5) is 10.1 Å². The van der Waals surface area contributed by atoms with Crippen LogP contribution < -0.4 is 5.32 Å². The van der Waals surface area contributed by atoms with Gasteiger partial charge in [-0.15, -0.1) is 0 Å². The largest absolute Gasteiger partial charge is 0.319 e. The van der Waals surface area contributed by atoms with E-state index in [1.807, 2.05) is 19.1 Å². The minimum atomic E-state index is -0.428. The molecule has 0 radical (unpaired) electrons. The summed E-state index contributed by atoms with van der Waals surface area (Å²) in [5.74, 6) is -0.311. The molecule has 0 heterocycles. The molecule has 0 aliphatic carbocycles. The Morgan fingerprint density at radius 3 is 2.35 bits per heavy atom. The number of rotatable bonds is 3. The second kappa shape index (κ2) is 5.87. The SMILES string of the molecule is Cc1ccc(F)c(NC(=O)c2ccc(C(C)C)cc2)c1. The topological polar surface area (TPSA) is 29.1 Å². The highest BCUT2D eigenvalue weighted by Gasteiger charge is 2.10. The summed E-state index contributed by atoms with van der Waals surface area (Å²) >= 11 is 0. The fourth-order valence-electron chi connectivity index (χ4n) is 1.95. The molecule has 104 valence electrons. The molecule has 2 aromatic rings. The van der Waals surface area contributed by atoms with E-state index in [9.17, 15) is 9.18 Å². The summed E-state index contributed by atoms with van der Waals surface area (Å²) < 4.78 is 13.6. The first-order valence-electron chi connectivity index (χ1n) is 6.65. The quantitative estimate of drug-likeness (QED) is 0.874. The number of hydrogen-bond donors (Lipinski definition) is 1. The molecule has 2 rings (SSSR count). The number of nitrogens with one attached hydrogen (secondary N) is 1. The van der Waals surface area contributed by atoms with Crippen LogP contribution in [0.5, 0.6) is 0 Å². The molecular weight excluding hydrogens is 253 g/mol. The third-order valence-electron chi connectivity index (χ3n) is 3.21. The van der Waals surface area contributed by atoms with Gasteiger partial charge in [0.2, 0.25) is 0 Å². The number of anilines is 1. The van der Waals surface area contributed by atoms with Gasteiger partial charge >= 0.3 is 0 Å². The predicted octanol–water partition coefficient (Wildman–Crippen LogP) is 4.51. The molecule has 20 heavy (non-hydrogen) atoms. The maximum absolute atomic E-state index is 13.6. The molecule has 3 heteroatoms. The smallest absolute Gasteiger partial charge is 0.255 e. The molecule has 0 saturated carbocycles. The van der Waals surface area contributed by atoms with Gasteiger partial charge in [-0.05, 0) is 48.2 Å². The van der Waals surface area contributed by atoms with E-state index in [1.165, 1.54) is 11.6 Å². The van der Waals surface area contributed by atoms with Crippen molar-refractivity contribution in [2.45, 2.75) is 26.7 Å². The van der Waals surface area contributed by atoms with E-state index in [-0.39, 0.29) is 11.6 Å². The molecule has 0 fully saturated rings. The first-order chi connectivity index (χ1) is 9.47. The lowest BCUT2D eigenvalue weighted by molar-refractivity contribution is 0.102. The van der Waals surface area contributed by atoms with E-state index in [1.54, 1.807) is 24.3 Å². The molecule has 0 spiro atoms. The number of hydrogen-bond acceptors (Lipinski definition) is 1. The van der Waals surface area contributed by atoms with Crippen LogP contribution in [0.3, 0.4) is 0 Å². The Balaban J connectivity index is 2.17. The van der Waals surface area contributed by atoms with Crippen LogP contribution in [-0.4, -0.2) is 5.91 Å². The molecule has 0 bridgehead atoms. The highest BCUT2D eigenvalue weighted by atomic mass is 19.1. The zero-order chi connectivity index (χ0) is 14.7. The summed E-state index contributed by atoms with van der Waals surface area (Å²) in [6, 6.07) is 12.0. The average Bonchev–Trinajstić information content (AvgIpc) is 2.43. The Labute approximate surface area is 118 Å². The highest BCUT2D eigenvalue weighted by molar-refractivity contribution is 6.04. The van der Waals surface area contributed by atoms with Crippen molar-refractivity contribution in [2.75, 3.05) is 5.32 Å². The van der Waals surface area contributed by atoms with E-state index in [4.69, 9.17) is 0 Å². The summed E-state index contributed by atoms with van der Waals surface area (Å²) in [6.45, 7) is 6.04. The van der Waals surface area contributed by atoms with Crippen LogP contribution in [0, 0.1) is 12.7 Å². The molecule has 0 aromatic heterocycles. The van der Waals surface area contributed by atoms with Gasteiger partial charge in [-0.1, -0.05) is 32.0 Å². The summed E-state index contributed by atoms with van der Waals surface area (Å²) in [6.07, 6.45) is 0. The first-order valence-corrected chi connectivity index (χ1v) is 6.65. The number of carbonyl (C=O) groups excluding carboxylic acids is 1. The summed E-state index contributed by atoms with van der Waals surface area (Å²) in [5, 5.41) is 2.60. The maximum atomic E-state index is 13.6. The van der Waals surface area contributed by atoms with E-state index < -0.39 is 5.82 Å². The number of carbonyl (C=O) groups is 1. The van der Waals surface area contributed by atoms with Crippen molar-refractivity contribution < 1.29 is 9.18 Å². The van der Waals surface area contributed by atoms with Crippen LogP contribution in [-0.2, 0) is 0 Å². The number of aryl methyl sites for hydroxylation is 1. The van der Waals surface area contributed by atoms with Crippen molar-refractivity contribution in [3.8, 4) is 0 Å². The highest BCUT2D eigenvalue weighted by Crippen LogP contribution is 2.18. The van der Waals surface area contributed by atoms with Gasteiger partial charge < -0.3 is 5.32 Å².